The molecule has 0 aromatic rings. The van der Waals surface area contributed by atoms with E-state index in [4.69, 9.17) is 5.11 Å². The van der Waals surface area contributed by atoms with Crippen LogP contribution in [0.2, 0.25) is 0 Å². The number of carbonyl (C=O) groups excluding carboxylic acids is 1. The molecule has 0 aromatic heterocycles. The van der Waals surface area contributed by atoms with Crippen LogP contribution in [0.15, 0.2) is 12.7 Å². The van der Waals surface area contributed by atoms with Crippen molar-refractivity contribution in [3.05, 3.63) is 19.2 Å². The van der Waals surface area contributed by atoms with Gasteiger partial charge in [0.1, 0.15) is 6.61 Å². The highest BCUT2D eigenvalue weighted by atomic mass is 16.3. The summed E-state index contributed by atoms with van der Waals surface area (Å²) < 4.78 is 0. The molecule has 1 amide bonds. The van der Waals surface area contributed by atoms with Gasteiger partial charge in [0.25, 0.3) is 0 Å². The maximum absolute atomic E-state index is 10.1. The second kappa shape index (κ2) is 4.33. The summed E-state index contributed by atoms with van der Waals surface area (Å²) >= 11 is 0. The van der Waals surface area contributed by atoms with Crippen molar-refractivity contribution < 1.29 is 9.90 Å². The Morgan fingerprint density at radius 3 is 2.88 bits per heavy atom. The summed E-state index contributed by atoms with van der Waals surface area (Å²) in [4.78, 5) is 10.1. The number of aliphatic hydroxyl groups is 1. The predicted molar refractivity (Wildman–Crippen MR) is 29.7 cm³/mol. The zero-order chi connectivity index (χ0) is 6.41. The van der Waals surface area contributed by atoms with Crippen molar-refractivity contribution in [2.24, 2.45) is 0 Å². The van der Waals surface area contributed by atoms with Gasteiger partial charge in [0, 0.05) is 0 Å². The minimum atomic E-state index is -0.482. The molecular formula is C5H8NO2. The van der Waals surface area contributed by atoms with Gasteiger partial charge >= 0.3 is 0 Å². The van der Waals surface area contributed by atoms with Gasteiger partial charge in [-0.1, -0.05) is 6.08 Å². The number of aliphatic hydroxyl groups excluding tert-OH is 1. The molecule has 0 saturated carbocycles. The summed E-state index contributed by atoms with van der Waals surface area (Å²) in [5.41, 5.74) is 0. The SMILES string of the molecule is C=C[CH]NC(=O)CO. The van der Waals surface area contributed by atoms with Crippen LogP contribution in [0, 0.1) is 6.54 Å². The Balaban J connectivity index is 3.11. The van der Waals surface area contributed by atoms with E-state index in [1.807, 2.05) is 0 Å². The van der Waals surface area contributed by atoms with Crippen LogP contribution in [0.25, 0.3) is 0 Å². The van der Waals surface area contributed by atoms with Gasteiger partial charge in [-0.3, -0.25) is 4.79 Å². The Morgan fingerprint density at radius 1 is 1.88 bits per heavy atom. The summed E-state index contributed by atoms with van der Waals surface area (Å²) in [6.45, 7) is 4.19. The van der Waals surface area contributed by atoms with E-state index in [-0.39, 0.29) is 0 Å². The number of carbonyl (C=O) groups is 1. The molecule has 0 aliphatic rings. The molecule has 0 aliphatic carbocycles. The van der Waals surface area contributed by atoms with Crippen LogP contribution in [-0.4, -0.2) is 17.6 Å². The second-order valence-corrected chi connectivity index (χ2v) is 1.13. The average Bonchev–Trinajstić information content (AvgIpc) is 1.83. The first-order valence-corrected chi connectivity index (χ1v) is 2.15. The van der Waals surface area contributed by atoms with E-state index in [2.05, 4.69) is 11.9 Å². The summed E-state index contributed by atoms with van der Waals surface area (Å²) in [6, 6.07) is 0. The first-order chi connectivity index (χ1) is 3.81. The molecule has 8 heavy (non-hydrogen) atoms. The van der Waals surface area contributed by atoms with Crippen molar-refractivity contribution in [3.63, 3.8) is 0 Å². The third kappa shape index (κ3) is 3.36. The van der Waals surface area contributed by atoms with Crippen molar-refractivity contribution in [2.75, 3.05) is 6.61 Å². The van der Waals surface area contributed by atoms with Crippen molar-refractivity contribution in [1.82, 2.24) is 5.32 Å². The highest BCUT2D eigenvalue weighted by molar-refractivity contribution is 5.77. The summed E-state index contributed by atoms with van der Waals surface area (Å²) in [5.74, 6) is -0.426. The van der Waals surface area contributed by atoms with Crippen molar-refractivity contribution in [2.45, 2.75) is 0 Å². The smallest absolute Gasteiger partial charge is 0.246 e. The van der Waals surface area contributed by atoms with Gasteiger partial charge in [0.15, 0.2) is 0 Å². The molecule has 3 heteroatoms. The first-order valence-electron chi connectivity index (χ1n) is 2.15. The molecule has 3 nitrogen and oxygen atoms in total. The Labute approximate surface area is 48.0 Å². The van der Waals surface area contributed by atoms with E-state index in [0.29, 0.717) is 0 Å². The van der Waals surface area contributed by atoms with Gasteiger partial charge in [0.2, 0.25) is 5.91 Å². The van der Waals surface area contributed by atoms with Crippen LogP contribution in [0.1, 0.15) is 0 Å². The van der Waals surface area contributed by atoms with E-state index in [1.165, 1.54) is 12.6 Å². The predicted octanol–water partition coefficient (Wildman–Crippen LogP) is -0.557. The number of hydrogen-bond acceptors (Lipinski definition) is 2. The largest absolute Gasteiger partial charge is 0.387 e. The average molecular weight is 114 g/mol. The lowest BCUT2D eigenvalue weighted by molar-refractivity contribution is -0.123. The molecule has 2 N–H and O–H groups in total. The molecule has 0 fully saturated rings. The lowest BCUT2D eigenvalue weighted by Gasteiger charge is -1.93. The Morgan fingerprint density at radius 2 is 2.50 bits per heavy atom. The molecular weight excluding hydrogens is 106 g/mol. The number of amides is 1. The monoisotopic (exact) mass is 114 g/mol. The Bertz CT molecular complexity index is 90.4. The maximum Gasteiger partial charge on any atom is 0.246 e. The van der Waals surface area contributed by atoms with Gasteiger partial charge < -0.3 is 10.4 Å². The summed E-state index contributed by atoms with van der Waals surface area (Å²) in [5, 5.41) is 10.3. The molecule has 0 heterocycles. The third-order valence-corrected chi connectivity index (χ3v) is 0.506. The molecule has 0 saturated heterocycles. The molecule has 0 unspecified atom stereocenters. The minimum absolute atomic E-state index is 0.426. The molecule has 45 valence electrons. The molecule has 0 bridgehead atoms. The second-order valence-electron chi connectivity index (χ2n) is 1.13. The van der Waals surface area contributed by atoms with Crippen LogP contribution in [0.4, 0.5) is 0 Å². The highest BCUT2D eigenvalue weighted by Crippen LogP contribution is 1.68. The fourth-order valence-corrected chi connectivity index (χ4v) is 0.198. The van der Waals surface area contributed by atoms with Crippen LogP contribution in [0.3, 0.4) is 0 Å². The highest BCUT2D eigenvalue weighted by Gasteiger charge is 1.91. The van der Waals surface area contributed by atoms with Crippen LogP contribution < -0.4 is 5.32 Å². The van der Waals surface area contributed by atoms with E-state index in [0.717, 1.165) is 0 Å². The van der Waals surface area contributed by atoms with Gasteiger partial charge in [0.05, 0.1) is 6.54 Å². The van der Waals surface area contributed by atoms with Crippen molar-refractivity contribution in [1.29, 1.82) is 0 Å². The van der Waals surface area contributed by atoms with Crippen molar-refractivity contribution in [3.8, 4) is 0 Å². The Hall–Kier alpha value is -0.830. The number of rotatable bonds is 3. The number of nitrogens with one attached hydrogen (secondary N) is 1. The van der Waals surface area contributed by atoms with Crippen LogP contribution >= 0.6 is 0 Å². The van der Waals surface area contributed by atoms with Gasteiger partial charge in [-0.15, -0.1) is 6.58 Å². The zero-order valence-corrected chi connectivity index (χ0v) is 4.42. The lowest BCUT2D eigenvalue weighted by Crippen LogP contribution is -2.22. The van der Waals surface area contributed by atoms with Crippen LogP contribution in [-0.2, 0) is 4.79 Å². The number of hydrogen-bond donors (Lipinski definition) is 2. The maximum atomic E-state index is 10.1. The molecule has 0 aromatic carbocycles. The Kier molecular flexibility index (Phi) is 3.88. The fourth-order valence-electron chi connectivity index (χ4n) is 0.198. The van der Waals surface area contributed by atoms with E-state index >= 15 is 0 Å². The minimum Gasteiger partial charge on any atom is -0.387 e. The lowest BCUT2D eigenvalue weighted by atomic mass is 10.5. The molecule has 1 radical (unpaired) electrons. The van der Waals surface area contributed by atoms with E-state index < -0.39 is 12.5 Å². The fraction of sp³-hybridized carbons (Fsp3) is 0.200. The molecule has 0 aliphatic heterocycles. The summed E-state index contributed by atoms with van der Waals surface area (Å²) in [6.07, 6.45) is 1.42. The standard InChI is InChI=1S/C5H8NO2/c1-2-3-6-5(8)4-7/h2-3,7H,1,4H2,(H,6,8). The van der Waals surface area contributed by atoms with Gasteiger partial charge in [-0.25, -0.2) is 0 Å². The topological polar surface area (TPSA) is 49.3 Å². The van der Waals surface area contributed by atoms with Crippen molar-refractivity contribution >= 4 is 5.91 Å². The summed E-state index contributed by atoms with van der Waals surface area (Å²) in [7, 11) is 0. The van der Waals surface area contributed by atoms with Gasteiger partial charge in [-0.05, 0) is 0 Å². The van der Waals surface area contributed by atoms with Crippen LogP contribution in [0.5, 0.6) is 0 Å². The zero-order valence-electron chi connectivity index (χ0n) is 4.42. The molecule has 0 rings (SSSR count). The first kappa shape index (κ1) is 7.17. The quantitative estimate of drug-likeness (QED) is 0.517. The molecule has 0 atom stereocenters. The van der Waals surface area contributed by atoms with E-state index in [9.17, 15) is 4.79 Å². The van der Waals surface area contributed by atoms with E-state index in [1.54, 1.807) is 0 Å². The molecule has 0 spiro atoms. The third-order valence-electron chi connectivity index (χ3n) is 0.506. The van der Waals surface area contributed by atoms with Gasteiger partial charge in [-0.2, -0.15) is 0 Å². The normalized spacial score (nSPS) is 8.12.